The van der Waals surface area contributed by atoms with Crippen molar-refractivity contribution in [2.24, 2.45) is 5.92 Å². The van der Waals surface area contributed by atoms with E-state index in [-0.39, 0.29) is 0 Å². The molecule has 0 saturated heterocycles. The molecule has 0 spiro atoms. The number of pyridine rings is 1. The van der Waals surface area contributed by atoms with E-state index in [2.05, 4.69) is 26.7 Å². The van der Waals surface area contributed by atoms with E-state index in [0.717, 1.165) is 17.4 Å². The lowest BCUT2D eigenvalue weighted by Gasteiger charge is -2.14. The molecular weight excluding hydrogens is 244 g/mol. The molecule has 1 atom stereocenters. The minimum atomic E-state index is 0.376. The molecule has 0 amide bonds. The van der Waals surface area contributed by atoms with Crippen molar-refractivity contribution in [2.45, 2.75) is 32.2 Å². The van der Waals surface area contributed by atoms with E-state index in [1.54, 1.807) is 6.20 Å². The van der Waals surface area contributed by atoms with Crippen LogP contribution in [0.1, 0.15) is 32.2 Å². The zero-order chi connectivity index (χ0) is 12.5. The van der Waals surface area contributed by atoms with Gasteiger partial charge in [0.15, 0.2) is 10.6 Å². The Hall–Kier alpha value is -1.49. The van der Waals surface area contributed by atoms with Crippen LogP contribution in [0.2, 0.25) is 0 Å². The van der Waals surface area contributed by atoms with Gasteiger partial charge in [-0.3, -0.25) is 14.6 Å². The first-order chi connectivity index (χ1) is 8.75. The first-order valence-electron chi connectivity index (χ1n) is 6.34. The lowest BCUT2D eigenvalue weighted by Crippen LogP contribution is -2.08. The van der Waals surface area contributed by atoms with E-state index in [1.165, 1.54) is 19.3 Å². The Bertz CT molecular complexity index is 583. The molecule has 2 aromatic heterocycles. The molecule has 4 nitrogen and oxygen atoms in total. The van der Waals surface area contributed by atoms with E-state index in [9.17, 15) is 0 Å². The van der Waals surface area contributed by atoms with Gasteiger partial charge in [-0.1, -0.05) is 18.9 Å². The van der Waals surface area contributed by atoms with Crippen LogP contribution < -0.4 is 0 Å². The monoisotopic (exact) mass is 260 g/mol. The summed E-state index contributed by atoms with van der Waals surface area (Å²) in [5.41, 5.74) is 0.868. The van der Waals surface area contributed by atoms with Gasteiger partial charge in [0.2, 0.25) is 0 Å². The lowest BCUT2D eigenvalue weighted by atomic mass is 10.1. The minimum absolute atomic E-state index is 0.376. The molecule has 1 N–H and O–H groups in total. The summed E-state index contributed by atoms with van der Waals surface area (Å²) in [6.45, 7) is 2.20. The van der Waals surface area contributed by atoms with E-state index < -0.39 is 0 Å². The fraction of sp³-hybridized carbons (Fsp3) is 0.462. The summed E-state index contributed by atoms with van der Waals surface area (Å²) in [5, 5.41) is 7.20. The number of nitrogens with zero attached hydrogens (tertiary/aromatic N) is 3. The van der Waals surface area contributed by atoms with Gasteiger partial charge >= 0.3 is 0 Å². The number of aromatic amines is 1. The standard InChI is InChI=1S/C13H16N4S/c1-9(8-10-5-6-10)17-12(15-16-13(17)18)11-4-2-3-7-14-11/h2-4,7,9-10H,5-6,8H2,1H3,(H,16,18). The molecule has 18 heavy (non-hydrogen) atoms. The number of H-pyrrole nitrogens is 1. The van der Waals surface area contributed by atoms with Gasteiger partial charge in [-0.05, 0) is 43.6 Å². The Morgan fingerprint density at radius 3 is 3.00 bits per heavy atom. The van der Waals surface area contributed by atoms with Gasteiger partial charge in [0, 0.05) is 12.2 Å². The van der Waals surface area contributed by atoms with Crippen LogP contribution in [0.25, 0.3) is 11.5 Å². The first kappa shape index (κ1) is 11.6. The highest BCUT2D eigenvalue weighted by atomic mass is 32.1. The molecule has 0 aliphatic heterocycles. The van der Waals surface area contributed by atoms with Crippen LogP contribution in [-0.2, 0) is 0 Å². The number of hydrogen-bond donors (Lipinski definition) is 1. The van der Waals surface area contributed by atoms with Gasteiger partial charge in [0.25, 0.3) is 0 Å². The molecule has 0 bridgehead atoms. The van der Waals surface area contributed by atoms with Gasteiger partial charge in [0.1, 0.15) is 5.69 Å². The average molecular weight is 260 g/mol. The molecule has 5 heteroatoms. The van der Waals surface area contributed by atoms with Gasteiger partial charge in [0.05, 0.1) is 0 Å². The Morgan fingerprint density at radius 1 is 1.50 bits per heavy atom. The molecule has 3 rings (SSSR count). The normalized spacial score (nSPS) is 16.7. The van der Waals surface area contributed by atoms with Crippen LogP contribution in [0, 0.1) is 10.7 Å². The van der Waals surface area contributed by atoms with Crippen LogP contribution in [0.15, 0.2) is 24.4 Å². The van der Waals surface area contributed by atoms with Gasteiger partial charge in [-0.25, -0.2) is 0 Å². The van der Waals surface area contributed by atoms with E-state index >= 15 is 0 Å². The van der Waals surface area contributed by atoms with Crippen LogP contribution in [0.3, 0.4) is 0 Å². The molecular formula is C13H16N4S. The number of aromatic nitrogens is 4. The second-order valence-electron chi connectivity index (χ2n) is 4.97. The van der Waals surface area contributed by atoms with Crippen LogP contribution >= 0.6 is 12.2 Å². The lowest BCUT2D eigenvalue weighted by molar-refractivity contribution is 0.475. The van der Waals surface area contributed by atoms with Gasteiger partial charge in [-0.2, -0.15) is 5.10 Å². The fourth-order valence-corrected chi connectivity index (χ4v) is 2.64. The summed E-state index contributed by atoms with van der Waals surface area (Å²) < 4.78 is 2.78. The van der Waals surface area contributed by atoms with Crippen molar-refractivity contribution in [3.05, 3.63) is 29.2 Å². The molecule has 94 valence electrons. The van der Waals surface area contributed by atoms with Gasteiger partial charge < -0.3 is 0 Å². The topological polar surface area (TPSA) is 46.5 Å². The maximum Gasteiger partial charge on any atom is 0.195 e. The third-order valence-corrected chi connectivity index (χ3v) is 3.70. The highest BCUT2D eigenvalue weighted by molar-refractivity contribution is 7.71. The molecule has 0 aromatic carbocycles. The maximum atomic E-state index is 5.34. The Morgan fingerprint density at radius 2 is 2.33 bits per heavy atom. The second kappa shape index (κ2) is 4.65. The first-order valence-corrected chi connectivity index (χ1v) is 6.75. The third kappa shape index (κ3) is 2.22. The van der Waals surface area contributed by atoms with Gasteiger partial charge in [-0.15, -0.1) is 0 Å². The van der Waals surface area contributed by atoms with Crippen LogP contribution in [-0.4, -0.2) is 19.7 Å². The van der Waals surface area contributed by atoms with E-state index in [0.29, 0.717) is 10.8 Å². The van der Waals surface area contributed by atoms with Crippen molar-refractivity contribution in [2.75, 3.05) is 0 Å². The van der Waals surface area contributed by atoms with Crippen molar-refractivity contribution in [1.29, 1.82) is 0 Å². The van der Waals surface area contributed by atoms with Crippen molar-refractivity contribution in [1.82, 2.24) is 19.7 Å². The molecule has 2 aromatic rings. The van der Waals surface area contributed by atoms with Crippen LogP contribution in [0.5, 0.6) is 0 Å². The quantitative estimate of drug-likeness (QED) is 0.857. The smallest absolute Gasteiger partial charge is 0.195 e. The Kier molecular flexibility index (Phi) is 2.99. The summed E-state index contributed by atoms with van der Waals surface area (Å²) in [6.07, 6.45) is 5.67. The molecule has 1 unspecified atom stereocenters. The molecule has 0 radical (unpaired) electrons. The molecule has 1 aliphatic carbocycles. The zero-order valence-electron chi connectivity index (χ0n) is 10.3. The SMILES string of the molecule is CC(CC1CC1)n1c(-c2ccccn2)n[nH]c1=S. The second-order valence-corrected chi connectivity index (χ2v) is 5.35. The largest absolute Gasteiger partial charge is 0.296 e. The predicted octanol–water partition coefficient (Wildman–Crippen LogP) is 3.36. The molecule has 1 aliphatic rings. The zero-order valence-corrected chi connectivity index (χ0v) is 11.2. The van der Waals surface area contributed by atoms with Crippen molar-refractivity contribution >= 4 is 12.2 Å². The molecule has 1 fully saturated rings. The summed E-state index contributed by atoms with van der Waals surface area (Å²) >= 11 is 5.34. The molecule has 2 heterocycles. The summed E-state index contributed by atoms with van der Waals surface area (Å²) in [6, 6.07) is 6.21. The summed E-state index contributed by atoms with van der Waals surface area (Å²) in [4.78, 5) is 4.35. The van der Waals surface area contributed by atoms with E-state index in [1.807, 2.05) is 18.2 Å². The van der Waals surface area contributed by atoms with Crippen molar-refractivity contribution in [3.8, 4) is 11.5 Å². The average Bonchev–Trinajstić information content (AvgIpc) is 3.10. The maximum absolute atomic E-state index is 5.34. The Labute approximate surface area is 111 Å². The third-order valence-electron chi connectivity index (χ3n) is 3.41. The van der Waals surface area contributed by atoms with Crippen molar-refractivity contribution in [3.63, 3.8) is 0 Å². The van der Waals surface area contributed by atoms with E-state index in [4.69, 9.17) is 12.2 Å². The minimum Gasteiger partial charge on any atom is -0.296 e. The van der Waals surface area contributed by atoms with Crippen molar-refractivity contribution < 1.29 is 0 Å². The molecule has 1 saturated carbocycles. The number of hydrogen-bond acceptors (Lipinski definition) is 3. The number of rotatable bonds is 4. The Balaban J connectivity index is 1.97. The van der Waals surface area contributed by atoms with Crippen LogP contribution in [0.4, 0.5) is 0 Å². The fourth-order valence-electron chi connectivity index (χ4n) is 2.33. The predicted molar refractivity (Wildman–Crippen MR) is 72.7 cm³/mol. The summed E-state index contributed by atoms with van der Waals surface area (Å²) in [7, 11) is 0. The number of nitrogens with one attached hydrogen (secondary N) is 1. The highest BCUT2D eigenvalue weighted by Gasteiger charge is 2.26. The highest BCUT2D eigenvalue weighted by Crippen LogP contribution is 2.37. The summed E-state index contributed by atoms with van der Waals surface area (Å²) in [5.74, 6) is 1.71.